The number of rotatable bonds is 2. The Kier molecular flexibility index (Phi) is 5.01. The maximum Gasteiger partial charge on any atom is 0.182 e. The predicted octanol–water partition coefficient (Wildman–Crippen LogP) is -2.93. The zero-order valence-corrected chi connectivity index (χ0v) is 7.93. The lowest BCUT2D eigenvalue weighted by Gasteiger charge is -2.36. The number of morpholine rings is 1. The molecule has 0 aromatic carbocycles. The first-order valence-electron chi connectivity index (χ1n) is 3.67. The summed E-state index contributed by atoms with van der Waals surface area (Å²) in [6.07, 6.45) is 0. The van der Waals surface area contributed by atoms with Gasteiger partial charge in [-0.3, -0.25) is 4.48 Å². The van der Waals surface area contributed by atoms with Crippen molar-refractivity contribution in [2.45, 2.75) is 0 Å². The number of halogens is 1. The first-order chi connectivity index (χ1) is 4.77. The monoisotopic (exact) mass is 181 g/mol. The van der Waals surface area contributed by atoms with E-state index in [0.29, 0.717) is 0 Å². The number of methoxy groups -OCH3 is 1. The minimum absolute atomic E-state index is 0. The fraction of sp³-hybridized carbons (Fsp3) is 1.00. The number of hydrogen-bond acceptors (Lipinski definition) is 2. The molecule has 4 heteroatoms. The molecule has 1 fully saturated rings. The van der Waals surface area contributed by atoms with E-state index in [2.05, 4.69) is 7.05 Å². The van der Waals surface area contributed by atoms with Crippen molar-refractivity contribution in [3.63, 3.8) is 0 Å². The maximum atomic E-state index is 5.24. The van der Waals surface area contributed by atoms with E-state index in [1.165, 1.54) is 0 Å². The van der Waals surface area contributed by atoms with Crippen LogP contribution >= 0.6 is 0 Å². The summed E-state index contributed by atoms with van der Waals surface area (Å²) in [4.78, 5) is 0. The van der Waals surface area contributed by atoms with Crippen LogP contribution in [-0.4, -0.2) is 51.7 Å². The maximum absolute atomic E-state index is 5.24. The van der Waals surface area contributed by atoms with Crippen LogP contribution in [-0.2, 0) is 9.47 Å². The highest BCUT2D eigenvalue weighted by Gasteiger charge is 2.24. The number of likely N-dealkylation sites (N-methyl/N-ethyl adjacent to an activating group) is 1. The zero-order chi connectivity index (χ0) is 7.45. The largest absolute Gasteiger partial charge is 1.00 e. The molecular weight excluding hydrogens is 166 g/mol. The molecule has 0 spiro atoms. The lowest BCUT2D eigenvalue weighted by atomic mass is 10.4. The first-order valence-corrected chi connectivity index (χ1v) is 3.67. The van der Waals surface area contributed by atoms with Gasteiger partial charge >= 0.3 is 0 Å². The molecule has 1 heterocycles. The van der Waals surface area contributed by atoms with Crippen molar-refractivity contribution in [2.24, 2.45) is 0 Å². The molecule has 0 bridgehead atoms. The van der Waals surface area contributed by atoms with E-state index in [0.717, 1.165) is 37.5 Å². The average Bonchev–Trinajstić information content (AvgIpc) is 1.89. The lowest BCUT2D eigenvalue weighted by Crippen LogP contribution is -3.00. The molecular formula is C7H16ClNO2. The number of nitrogens with zero attached hydrogens (tertiary/aromatic N) is 1. The Hall–Kier alpha value is 0.170. The molecule has 11 heavy (non-hydrogen) atoms. The smallest absolute Gasteiger partial charge is 0.182 e. The van der Waals surface area contributed by atoms with Gasteiger partial charge < -0.3 is 21.9 Å². The van der Waals surface area contributed by atoms with Gasteiger partial charge in [0, 0.05) is 7.11 Å². The zero-order valence-electron chi connectivity index (χ0n) is 7.18. The van der Waals surface area contributed by atoms with E-state index >= 15 is 0 Å². The second kappa shape index (κ2) is 4.93. The van der Waals surface area contributed by atoms with Gasteiger partial charge in [0.2, 0.25) is 0 Å². The number of hydrogen-bond donors (Lipinski definition) is 0. The van der Waals surface area contributed by atoms with Gasteiger partial charge in [-0.1, -0.05) is 0 Å². The van der Waals surface area contributed by atoms with E-state index in [1.54, 1.807) is 7.11 Å². The van der Waals surface area contributed by atoms with Crippen LogP contribution in [0.2, 0.25) is 0 Å². The molecule has 1 saturated heterocycles. The average molecular weight is 182 g/mol. The van der Waals surface area contributed by atoms with Gasteiger partial charge in [0.05, 0.1) is 20.3 Å². The number of ether oxygens (including phenoxy) is 2. The summed E-state index contributed by atoms with van der Waals surface area (Å²) < 4.78 is 11.3. The van der Waals surface area contributed by atoms with Crippen LogP contribution < -0.4 is 12.4 Å². The van der Waals surface area contributed by atoms with Crippen molar-refractivity contribution in [3.05, 3.63) is 0 Å². The van der Waals surface area contributed by atoms with Crippen LogP contribution in [0.5, 0.6) is 0 Å². The van der Waals surface area contributed by atoms with Crippen molar-refractivity contribution in [3.8, 4) is 0 Å². The van der Waals surface area contributed by atoms with E-state index in [-0.39, 0.29) is 12.4 Å². The Morgan fingerprint density at radius 1 is 1.36 bits per heavy atom. The second-order valence-electron chi connectivity index (χ2n) is 3.10. The minimum Gasteiger partial charge on any atom is -1.00 e. The Morgan fingerprint density at radius 2 is 1.91 bits per heavy atom. The molecule has 68 valence electrons. The van der Waals surface area contributed by atoms with Gasteiger partial charge in [0.25, 0.3) is 0 Å². The molecule has 0 aromatic heterocycles. The molecule has 1 aliphatic heterocycles. The van der Waals surface area contributed by atoms with Crippen molar-refractivity contribution < 1.29 is 26.4 Å². The highest BCUT2D eigenvalue weighted by Crippen LogP contribution is 2.06. The molecule has 0 radical (unpaired) electrons. The van der Waals surface area contributed by atoms with Crippen molar-refractivity contribution in [1.82, 2.24) is 0 Å². The molecule has 0 N–H and O–H groups in total. The van der Waals surface area contributed by atoms with Crippen LogP contribution in [0.25, 0.3) is 0 Å². The predicted molar refractivity (Wildman–Crippen MR) is 38.6 cm³/mol. The Balaban J connectivity index is 0.000001000. The fourth-order valence-electron chi connectivity index (χ4n) is 1.22. The Morgan fingerprint density at radius 3 is 2.36 bits per heavy atom. The molecule has 1 rings (SSSR count). The van der Waals surface area contributed by atoms with Crippen molar-refractivity contribution in [1.29, 1.82) is 0 Å². The summed E-state index contributed by atoms with van der Waals surface area (Å²) in [6, 6.07) is 0. The van der Waals surface area contributed by atoms with Gasteiger partial charge in [-0.2, -0.15) is 0 Å². The van der Waals surface area contributed by atoms with Crippen molar-refractivity contribution >= 4 is 0 Å². The Labute approximate surface area is 74.3 Å². The summed E-state index contributed by atoms with van der Waals surface area (Å²) >= 11 is 0. The van der Waals surface area contributed by atoms with Crippen molar-refractivity contribution in [2.75, 3.05) is 47.2 Å². The Bertz CT molecular complexity index is 99.1. The normalized spacial score (nSPS) is 22.4. The van der Waals surface area contributed by atoms with E-state index in [4.69, 9.17) is 9.47 Å². The van der Waals surface area contributed by atoms with Gasteiger partial charge in [0.1, 0.15) is 13.1 Å². The summed E-state index contributed by atoms with van der Waals surface area (Å²) in [7, 11) is 3.95. The molecule has 1 aliphatic rings. The third kappa shape index (κ3) is 3.38. The molecule has 3 nitrogen and oxygen atoms in total. The summed E-state index contributed by atoms with van der Waals surface area (Å²) in [5.41, 5.74) is 0. The third-order valence-corrected chi connectivity index (χ3v) is 1.99. The number of quaternary nitrogens is 1. The van der Waals surface area contributed by atoms with E-state index in [9.17, 15) is 0 Å². The highest BCUT2D eigenvalue weighted by molar-refractivity contribution is 4.42. The van der Waals surface area contributed by atoms with E-state index in [1.807, 2.05) is 0 Å². The van der Waals surface area contributed by atoms with Crippen LogP contribution in [0, 0.1) is 0 Å². The minimum atomic E-state index is 0. The van der Waals surface area contributed by atoms with Gasteiger partial charge in [0.15, 0.2) is 6.73 Å². The standard InChI is InChI=1S/C7H16NO2.ClH/c1-8(7-9-2)3-5-10-6-4-8;/h3-7H2,1-2H3;1H/q+1;/p-1. The quantitative estimate of drug-likeness (QED) is 0.425. The van der Waals surface area contributed by atoms with Gasteiger partial charge in [-0.05, 0) is 0 Å². The summed E-state index contributed by atoms with van der Waals surface area (Å²) in [6.45, 7) is 4.71. The highest BCUT2D eigenvalue weighted by atomic mass is 35.5. The molecule has 0 aromatic rings. The molecule has 0 atom stereocenters. The second-order valence-corrected chi connectivity index (χ2v) is 3.10. The van der Waals surface area contributed by atoms with Crippen LogP contribution in [0.15, 0.2) is 0 Å². The lowest BCUT2D eigenvalue weighted by molar-refractivity contribution is -0.934. The third-order valence-electron chi connectivity index (χ3n) is 1.99. The molecule has 0 saturated carbocycles. The first kappa shape index (κ1) is 11.2. The van der Waals surface area contributed by atoms with Crippen LogP contribution in [0.1, 0.15) is 0 Å². The van der Waals surface area contributed by atoms with Crippen LogP contribution in [0.4, 0.5) is 0 Å². The SMILES string of the molecule is COC[N+]1(C)CCOCC1.[Cl-]. The van der Waals surface area contributed by atoms with E-state index < -0.39 is 0 Å². The molecule has 0 aliphatic carbocycles. The van der Waals surface area contributed by atoms with Crippen LogP contribution in [0.3, 0.4) is 0 Å². The van der Waals surface area contributed by atoms with Gasteiger partial charge in [-0.15, -0.1) is 0 Å². The summed E-state index contributed by atoms with van der Waals surface area (Å²) in [5.74, 6) is 0. The topological polar surface area (TPSA) is 18.5 Å². The summed E-state index contributed by atoms with van der Waals surface area (Å²) in [5, 5.41) is 0. The van der Waals surface area contributed by atoms with Gasteiger partial charge in [-0.25, -0.2) is 0 Å². The molecule has 0 unspecified atom stereocenters. The molecule has 0 amide bonds. The fourth-order valence-corrected chi connectivity index (χ4v) is 1.22.